The lowest BCUT2D eigenvalue weighted by molar-refractivity contribution is 0.0952. The van der Waals surface area contributed by atoms with Crippen molar-refractivity contribution in [2.45, 2.75) is 0 Å². The van der Waals surface area contributed by atoms with E-state index in [2.05, 4.69) is 17.2 Å². The number of amides is 1. The van der Waals surface area contributed by atoms with Crippen LogP contribution in [0.15, 0.2) is 18.2 Å². The molecule has 0 aliphatic rings. The monoisotopic (exact) mass is 266 g/mol. The van der Waals surface area contributed by atoms with Crippen LogP contribution in [0.5, 0.6) is 0 Å². The van der Waals surface area contributed by atoms with Crippen molar-refractivity contribution in [3.05, 3.63) is 35.1 Å². The van der Waals surface area contributed by atoms with Gasteiger partial charge in [-0.1, -0.05) is 11.8 Å². The normalized spacial score (nSPS) is 9.50. The standard InChI is InChI=1S/C13H15FN2OS/c1-18-8-7-16-13(17)11-5-4-10(3-2-6-15)9-12(11)14/h4-5,9H,6-8,15H2,1H3,(H,16,17). The molecule has 0 fully saturated rings. The Morgan fingerprint density at radius 3 is 2.94 bits per heavy atom. The zero-order valence-electron chi connectivity index (χ0n) is 10.1. The van der Waals surface area contributed by atoms with Gasteiger partial charge in [-0.3, -0.25) is 4.79 Å². The van der Waals surface area contributed by atoms with Gasteiger partial charge in [0, 0.05) is 17.9 Å². The van der Waals surface area contributed by atoms with Gasteiger partial charge in [0.25, 0.3) is 5.91 Å². The molecule has 0 atom stereocenters. The molecular formula is C13H15FN2OS. The third kappa shape index (κ3) is 4.40. The predicted molar refractivity (Wildman–Crippen MR) is 73.0 cm³/mol. The van der Waals surface area contributed by atoms with Crippen molar-refractivity contribution in [2.24, 2.45) is 5.73 Å². The highest BCUT2D eigenvalue weighted by Crippen LogP contribution is 2.09. The van der Waals surface area contributed by atoms with E-state index < -0.39 is 11.7 Å². The summed E-state index contributed by atoms with van der Waals surface area (Å²) < 4.78 is 13.7. The molecule has 1 aromatic rings. The molecule has 0 unspecified atom stereocenters. The highest BCUT2D eigenvalue weighted by atomic mass is 32.2. The molecule has 1 aromatic carbocycles. The van der Waals surface area contributed by atoms with Crippen molar-refractivity contribution in [3.8, 4) is 11.8 Å². The lowest BCUT2D eigenvalue weighted by Gasteiger charge is -2.05. The number of hydrogen-bond acceptors (Lipinski definition) is 3. The average molecular weight is 266 g/mol. The summed E-state index contributed by atoms with van der Waals surface area (Å²) in [5, 5.41) is 2.65. The van der Waals surface area contributed by atoms with Crippen molar-refractivity contribution < 1.29 is 9.18 Å². The molecule has 0 spiro atoms. The van der Waals surface area contributed by atoms with Crippen molar-refractivity contribution in [1.82, 2.24) is 5.32 Å². The minimum atomic E-state index is -0.569. The molecule has 5 heteroatoms. The van der Waals surface area contributed by atoms with Crippen molar-refractivity contribution in [1.29, 1.82) is 0 Å². The molecule has 0 saturated heterocycles. The molecule has 18 heavy (non-hydrogen) atoms. The number of rotatable bonds is 4. The molecule has 3 N–H and O–H groups in total. The Morgan fingerprint density at radius 2 is 2.33 bits per heavy atom. The zero-order chi connectivity index (χ0) is 13.4. The van der Waals surface area contributed by atoms with E-state index in [-0.39, 0.29) is 12.1 Å². The molecule has 1 amide bonds. The SMILES string of the molecule is CSCCNC(=O)c1ccc(C#CCN)cc1F. The fourth-order valence-corrected chi connectivity index (χ4v) is 1.60. The maximum absolute atomic E-state index is 13.7. The van der Waals surface area contributed by atoms with Crippen molar-refractivity contribution in [2.75, 3.05) is 25.1 Å². The van der Waals surface area contributed by atoms with E-state index in [9.17, 15) is 9.18 Å². The van der Waals surface area contributed by atoms with Gasteiger partial charge in [0.2, 0.25) is 0 Å². The number of thioether (sulfide) groups is 1. The minimum absolute atomic E-state index is 0.0365. The van der Waals surface area contributed by atoms with Crippen LogP contribution in [0.4, 0.5) is 4.39 Å². The summed E-state index contributed by atoms with van der Waals surface area (Å²) in [7, 11) is 0. The summed E-state index contributed by atoms with van der Waals surface area (Å²) in [6.45, 7) is 0.743. The minimum Gasteiger partial charge on any atom is -0.351 e. The van der Waals surface area contributed by atoms with Gasteiger partial charge in [0.05, 0.1) is 12.1 Å². The van der Waals surface area contributed by atoms with Gasteiger partial charge < -0.3 is 11.1 Å². The molecule has 0 saturated carbocycles. The van der Waals surface area contributed by atoms with Gasteiger partial charge in [-0.05, 0) is 24.5 Å². The molecular weight excluding hydrogens is 251 g/mol. The highest BCUT2D eigenvalue weighted by Gasteiger charge is 2.10. The summed E-state index contributed by atoms with van der Waals surface area (Å²) in [6.07, 6.45) is 1.94. The molecule has 0 bridgehead atoms. The van der Waals surface area contributed by atoms with Gasteiger partial charge in [-0.15, -0.1) is 0 Å². The summed E-state index contributed by atoms with van der Waals surface area (Å²) in [5.74, 6) is 5.17. The second-order valence-electron chi connectivity index (χ2n) is 3.45. The Bertz CT molecular complexity index is 480. The van der Waals surface area contributed by atoms with E-state index in [0.717, 1.165) is 5.75 Å². The lowest BCUT2D eigenvalue weighted by atomic mass is 10.1. The summed E-state index contributed by atoms with van der Waals surface area (Å²) >= 11 is 1.62. The Hall–Kier alpha value is -1.51. The quantitative estimate of drug-likeness (QED) is 0.636. The van der Waals surface area contributed by atoms with Gasteiger partial charge in [-0.2, -0.15) is 11.8 Å². The third-order valence-corrected chi connectivity index (χ3v) is 2.75. The maximum Gasteiger partial charge on any atom is 0.254 e. The van der Waals surface area contributed by atoms with Crippen molar-refractivity contribution in [3.63, 3.8) is 0 Å². The van der Waals surface area contributed by atoms with E-state index in [4.69, 9.17) is 5.73 Å². The molecule has 0 radical (unpaired) electrons. The lowest BCUT2D eigenvalue weighted by Crippen LogP contribution is -2.26. The van der Waals surface area contributed by atoms with Crippen LogP contribution >= 0.6 is 11.8 Å². The Balaban J connectivity index is 2.75. The zero-order valence-corrected chi connectivity index (χ0v) is 10.9. The second kappa shape index (κ2) is 7.75. The summed E-state index contributed by atoms with van der Waals surface area (Å²) in [5.41, 5.74) is 5.78. The topological polar surface area (TPSA) is 55.1 Å². The van der Waals surface area contributed by atoms with Crippen molar-refractivity contribution >= 4 is 17.7 Å². The van der Waals surface area contributed by atoms with E-state index in [1.54, 1.807) is 17.8 Å². The first-order chi connectivity index (χ1) is 8.69. The predicted octanol–water partition coefficient (Wildman–Crippen LogP) is 1.23. The molecule has 0 aliphatic carbocycles. The Morgan fingerprint density at radius 1 is 1.56 bits per heavy atom. The molecule has 0 aromatic heterocycles. The summed E-state index contributed by atoms with van der Waals surface area (Å²) in [4.78, 5) is 11.6. The molecule has 3 nitrogen and oxygen atoms in total. The number of nitrogens with one attached hydrogen (secondary N) is 1. The summed E-state index contributed by atoms with van der Waals surface area (Å²) in [6, 6.07) is 4.28. The van der Waals surface area contributed by atoms with E-state index in [1.165, 1.54) is 12.1 Å². The number of hydrogen-bond donors (Lipinski definition) is 2. The fraction of sp³-hybridized carbons (Fsp3) is 0.308. The number of carbonyl (C=O) groups is 1. The number of carbonyl (C=O) groups excluding carboxylic acids is 1. The number of benzene rings is 1. The van der Waals surface area contributed by atoms with Crippen LogP contribution in [-0.4, -0.2) is 31.0 Å². The molecule has 0 heterocycles. The highest BCUT2D eigenvalue weighted by molar-refractivity contribution is 7.98. The second-order valence-corrected chi connectivity index (χ2v) is 4.43. The maximum atomic E-state index is 13.7. The number of nitrogens with two attached hydrogens (primary N) is 1. The van der Waals surface area contributed by atoms with E-state index in [1.807, 2.05) is 6.26 Å². The van der Waals surface area contributed by atoms with Crippen LogP contribution in [0, 0.1) is 17.7 Å². The average Bonchev–Trinajstić information content (AvgIpc) is 2.36. The first kappa shape index (κ1) is 14.6. The fourth-order valence-electron chi connectivity index (χ4n) is 1.29. The largest absolute Gasteiger partial charge is 0.351 e. The van der Waals surface area contributed by atoms with Crippen LogP contribution in [0.1, 0.15) is 15.9 Å². The number of halogens is 1. The Kier molecular flexibility index (Phi) is 6.26. The Labute approximate surface area is 110 Å². The van der Waals surface area contributed by atoms with E-state index >= 15 is 0 Å². The first-order valence-corrected chi connectivity index (χ1v) is 6.84. The van der Waals surface area contributed by atoms with Crippen LogP contribution in [-0.2, 0) is 0 Å². The third-order valence-electron chi connectivity index (χ3n) is 2.14. The molecule has 1 rings (SSSR count). The molecule has 96 valence electrons. The van der Waals surface area contributed by atoms with Crippen LogP contribution in [0.25, 0.3) is 0 Å². The smallest absolute Gasteiger partial charge is 0.254 e. The van der Waals surface area contributed by atoms with Gasteiger partial charge in [0.15, 0.2) is 0 Å². The van der Waals surface area contributed by atoms with Gasteiger partial charge in [0.1, 0.15) is 5.82 Å². The molecule has 0 aliphatic heterocycles. The van der Waals surface area contributed by atoms with Crippen LogP contribution < -0.4 is 11.1 Å². The van der Waals surface area contributed by atoms with E-state index in [0.29, 0.717) is 12.1 Å². The van der Waals surface area contributed by atoms with Gasteiger partial charge >= 0.3 is 0 Å². The van der Waals surface area contributed by atoms with Gasteiger partial charge in [-0.25, -0.2) is 4.39 Å². The van der Waals surface area contributed by atoms with Crippen LogP contribution in [0.2, 0.25) is 0 Å². The van der Waals surface area contributed by atoms with Crippen LogP contribution in [0.3, 0.4) is 0 Å². The first-order valence-electron chi connectivity index (χ1n) is 5.44.